The van der Waals surface area contributed by atoms with Gasteiger partial charge in [0.05, 0.1) is 0 Å². The summed E-state index contributed by atoms with van der Waals surface area (Å²) >= 11 is 6.02. The van der Waals surface area contributed by atoms with Gasteiger partial charge in [-0.25, -0.2) is 0 Å². The summed E-state index contributed by atoms with van der Waals surface area (Å²) in [6.07, 6.45) is 0.602. The predicted molar refractivity (Wildman–Crippen MR) is 95.4 cm³/mol. The van der Waals surface area contributed by atoms with Crippen molar-refractivity contribution in [2.24, 2.45) is 0 Å². The standard InChI is InChI=1S/C19H21ClF2N2O/c20-16-7-5-14(6-8-16)17(24-11-9-23-10-12-24)13-15-3-1-2-4-18(15)25-19(21)22/h1-8,17,19,23H,9-13H2. The highest BCUT2D eigenvalue weighted by Crippen LogP contribution is 2.31. The van der Waals surface area contributed by atoms with Crippen molar-refractivity contribution in [1.82, 2.24) is 10.2 Å². The predicted octanol–water partition coefficient (Wildman–Crippen LogP) is 4.13. The van der Waals surface area contributed by atoms with Gasteiger partial charge in [-0.05, 0) is 35.7 Å². The van der Waals surface area contributed by atoms with E-state index >= 15 is 0 Å². The molecule has 0 spiro atoms. The molecule has 1 saturated heterocycles. The monoisotopic (exact) mass is 366 g/mol. The smallest absolute Gasteiger partial charge is 0.387 e. The zero-order valence-electron chi connectivity index (χ0n) is 13.8. The van der Waals surface area contributed by atoms with Crippen molar-refractivity contribution in [3.05, 3.63) is 64.7 Å². The zero-order chi connectivity index (χ0) is 17.6. The molecular formula is C19H21ClF2N2O. The van der Waals surface area contributed by atoms with Crippen LogP contribution in [-0.4, -0.2) is 37.7 Å². The average molecular weight is 367 g/mol. The van der Waals surface area contributed by atoms with E-state index in [-0.39, 0.29) is 11.8 Å². The lowest BCUT2D eigenvalue weighted by atomic mass is 9.96. The minimum atomic E-state index is -2.82. The van der Waals surface area contributed by atoms with Gasteiger partial charge < -0.3 is 10.1 Å². The quantitative estimate of drug-likeness (QED) is 0.832. The number of alkyl halides is 2. The van der Waals surface area contributed by atoms with Crippen LogP contribution in [0.5, 0.6) is 5.75 Å². The molecule has 2 aromatic carbocycles. The highest BCUT2D eigenvalue weighted by molar-refractivity contribution is 6.30. The Morgan fingerprint density at radius 3 is 2.40 bits per heavy atom. The van der Waals surface area contributed by atoms with Crippen LogP contribution in [-0.2, 0) is 6.42 Å². The topological polar surface area (TPSA) is 24.5 Å². The Bertz CT molecular complexity index is 675. The Kier molecular flexibility index (Phi) is 6.24. The Labute approximate surface area is 151 Å². The fourth-order valence-electron chi connectivity index (χ4n) is 3.23. The molecule has 2 aromatic rings. The SMILES string of the molecule is FC(F)Oc1ccccc1CC(c1ccc(Cl)cc1)N1CCNCC1. The van der Waals surface area contributed by atoms with E-state index in [1.165, 1.54) is 0 Å². The second-order valence-electron chi connectivity index (χ2n) is 6.04. The maximum atomic E-state index is 12.7. The molecule has 1 aliphatic rings. The first-order valence-electron chi connectivity index (χ1n) is 8.36. The molecule has 0 bridgehead atoms. The summed E-state index contributed by atoms with van der Waals surface area (Å²) in [5.74, 6) is 0.242. The number of hydrogen-bond acceptors (Lipinski definition) is 3. The lowest BCUT2D eigenvalue weighted by Gasteiger charge is -2.35. The van der Waals surface area contributed by atoms with E-state index in [2.05, 4.69) is 10.2 Å². The molecule has 0 aromatic heterocycles. The summed E-state index contributed by atoms with van der Waals surface area (Å²) in [6, 6.07) is 14.8. The Morgan fingerprint density at radius 2 is 1.72 bits per heavy atom. The third-order valence-corrected chi connectivity index (χ3v) is 4.70. The van der Waals surface area contributed by atoms with Gasteiger partial charge in [0.25, 0.3) is 0 Å². The van der Waals surface area contributed by atoms with Crippen LogP contribution in [0, 0.1) is 0 Å². The normalized spacial score (nSPS) is 16.8. The number of halogens is 3. The third-order valence-electron chi connectivity index (χ3n) is 4.45. The number of para-hydroxylation sites is 1. The maximum absolute atomic E-state index is 12.7. The van der Waals surface area contributed by atoms with Gasteiger partial charge in [-0.15, -0.1) is 0 Å². The van der Waals surface area contributed by atoms with Gasteiger partial charge in [-0.3, -0.25) is 4.90 Å². The highest BCUT2D eigenvalue weighted by Gasteiger charge is 2.24. The third kappa shape index (κ3) is 4.91. The molecule has 134 valence electrons. The number of rotatable bonds is 6. The van der Waals surface area contributed by atoms with E-state index in [0.717, 1.165) is 37.3 Å². The van der Waals surface area contributed by atoms with E-state index in [0.29, 0.717) is 11.4 Å². The molecule has 3 nitrogen and oxygen atoms in total. The molecule has 0 amide bonds. The van der Waals surface area contributed by atoms with Crippen molar-refractivity contribution in [3.63, 3.8) is 0 Å². The Morgan fingerprint density at radius 1 is 1.04 bits per heavy atom. The number of benzene rings is 2. The fraction of sp³-hybridized carbons (Fsp3) is 0.368. The number of ether oxygens (including phenoxy) is 1. The van der Waals surface area contributed by atoms with Gasteiger partial charge in [0.15, 0.2) is 0 Å². The number of hydrogen-bond donors (Lipinski definition) is 1. The summed E-state index contributed by atoms with van der Waals surface area (Å²) in [6.45, 7) is 0.823. The number of nitrogens with zero attached hydrogens (tertiary/aromatic N) is 1. The van der Waals surface area contributed by atoms with Crippen LogP contribution in [0.1, 0.15) is 17.2 Å². The van der Waals surface area contributed by atoms with Crippen molar-refractivity contribution < 1.29 is 13.5 Å². The molecule has 1 atom stereocenters. The van der Waals surface area contributed by atoms with Crippen molar-refractivity contribution >= 4 is 11.6 Å². The first-order chi connectivity index (χ1) is 12.1. The Hall–Kier alpha value is -1.69. The minimum Gasteiger partial charge on any atom is -0.435 e. The van der Waals surface area contributed by atoms with Gasteiger partial charge in [0.1, 0.15) is 5.75 Å². The largest absolute Gasteiger partial charge is 0.435 e. The van der Waals surface area contributed by atoms with Crippen LogP contribution in [0.4, 0.5) is 8.78 Å². The first-order valence-corrected chi connectivity index (χ1v) is 8.74. The second kappa shape index (κ2) is 8.61. The fourth-order valence-corrected chi connectivity index (χ4v) is 3.35. The lowest BCUT2D eigenvalue weighted by molar-refractivity contribution is -0.0506. The molecule has 1 heterocycles. The van der Waals surface area contributed by atoms with Crippen molar-refractivity contribution in [3.8, 4) is 5.75 Å². The molecular weight excluding hydrogens is 346 g/mol. The van der Waals surface area contributed by atoms with Crippen molar-refractivity contribution in [2.45, 2.75) is 19.1 Å². The summed E-state index contributed by atoms with van der Waals surface area (Å²) in [5, 5.41) is 4.03. The summed E-state index contributed by atoms with van der Waals surface area (Å²) in [4.78, 5) is 2.37. The number of piperazine rings is 1. The van der Waals surface area contributed by atoms with Gasteiger partial charge in [0, 0.05) is 37.2 Å². The lowest BCUT2D eigenvalue weighted by Crippen LogP contribution is -2.45. The molecule has 3 rings (SSSR count). The minimum absolute atomic E-state index is 0.0850. The van der Waals surface area contributed by atoms with Gasteiger partial charge in [-0.2, -0.15) is 8.78 Å². The van der Waals surface area contributed by atoms with Crippen LogP contribution in [0.25, 0.3) is 0 Å². The molecule has 1 unspecified atom stereocenters. The highest BCUT2D eigenvalue weighted by atomic mass is 35.5. The zero-order valence-corrected chi connectivity index (χ0v) is 14.6. The van der Waals surface area contributed by atoms with E-state index in [4.69, 9.17) is 16.3 Å². The van der Waals surface area contributed by atoms with E-state index in [1.54, 1.807) is 12.1 Å². The first kappa shape index (κ1) is 18.1. The van der Waals surface area contributed by atoms with E-state index in [9.17, 15) is 8.78 Å². The van der Waals surface area contributed by atoms with Crippen LogP contribution in [0.2, 0.25) is 5.02 Å². The van der Waals surface area contributed by atoms with Gasteiger partial charge in [0.2, 0.25) is 0 Å². The van der Waals surface area contributed by atoms with Crippen molar-refractivity contribution in [1.29, 1.82) is 0 Å². The molecule has 0 aliphatic carbocycles. The molecule has 25 heavy (non-hydrogen) atoms. The van der Waals surface area contributed by atoms with Gasteiger partial charge in [-0.1, -0.05) is 41.9 Å². The van der Waals surface area contributed by atoms with Crippen LogP contribution in [0.3, 0.4) is 0 Å². The maximum Gasteiger partial charge on any atom is 0.387 e. The van der Waals surface area contributed by atoms with Crippen LogP contribution >= 0.6 is 11.6 Å². The second-order valence-corrected chi connectivity index (χ2v) is 6.48. The molecule has 6 heteroatoms. The molecule has 1 N–H and O–H groups in total. The van der Waals surface area contributed by atoms with E-state index < -0.39 is 6.61 Å². The molecule has 1 fully saturated rings. The molecule has 0 saturated carbocycles. The molecule has 0 radical (unpaired) electrons. The van der Waals surface area contributed by atoms with Gasteiger partial charge >= 0.3 is 6.61 Å². The number of nitrogens with one attached hydrogen (secondary N) is 1. The summed E-state index contributed by atoms with van der Waals surface area (Å²) < 4.78 is 30.1. The van der Waals surface area contributed by atoms with E-state index in [1.807, 2.05) is 36.4 Å². The Balaban J connectivity index is 1.88. The van der Waals surface area contributed by atoms with Crippen LogP contribution in [0.15, 0.2) is 48.5 Å². The van der Waals surface area contributed by atoms with Crippen molar-refractivity contribution in [2.75, 3.05) is 26.2 Å². The summed E-state index contributed by atoms with van der Waals surface area (Å²) in [7, 11) is 0. The molecule has 1 aliphatic heterocycles. The van der Waals surface area contributed by atoms with Crippen LogP contribution < -0.4 is 10.1 Å². The summed E-state index contributed by atoms with van der Waals surface area (Å²) in [5.41, 5.74) is 1.90. The average Bonchev–Trinajstić information content (AvgIpc) is 2.62.